The number of hydrogen-bond acceptors (Lipinski definition) is 8. The Hall–Kier alpha value is -4.01. The predicted molar refractivity (Wildman–Crippen MR) is 144 cm³/mol. The molecule has 3 aromatic rings. The summed E-state index contributed by atoms with van der Waals surface area (Å²) in [4.78, 5) is 23.7. The number of nitro groups is 1. The van der Waals surface area contributed by atoms with Gasteiger partial charge in [0.05, 0.1) is 33.2 Å². The molecule has 1 heterocycles. The molecule has 1 amide bonds. The van der Waals surface area contributed by atoms with Gasteiger partial charge in [0.25, 0.3) is 15.7 Å². The molecule has 4 rings (SSSR count). The number of ether oxygens (including phenoxy) is 1. The van der Waals surface area contributed by atoms with Crippen LogP contribution in [0.5, 0.6) is 5.75 Å². The number of amides is 1. The zero-order valence-corrected chi connectivity index (χ0v) is 22.5. The van der Waals surface area contributed by atoms with Gasteiger partial charge in [-0.2, -0.15) is 4.31 Å². The quantitative estimate of drug-likeness (QED) is 0.286. The van der Waals surface area contributed by atoms with E-state index < -0.39 is 37.4 Å². The highest BCUT2D eigenvalue weighted by Crippen LogP contribution is 2.31. The maximum Gasteiger partial charge on any atom is 0.271 e. The van der Waals surface area contributed by atoms with Crippen LogP contribution >= 0.6 is 0 Å². The molecule has 1 aliphatic rings. The number of sulfonamides is 2. The van der Waals surface area contributed by atoms with Crippen molar-refractivity contribution < 1.29 is 31.3 Å². The average Bonchev–Trinajstić information content (AvgIpc) is 3.48. The minimum atomic E-state index is -4.33. The van der Waals surface area contributed by atoms with E-state index in [9.17, 15) is 31.7 Å². The van der Waals surface area contributed by atoms with Gasteiger partial charge in [0.2, 0.25) is 15.9 Å². The Labute approximate surface area is 226 Å². The van der Waals surface area contributed by atoms with Gasteiger partial charge in [-0.3, -0.25) is 19.2 Å². The molecule has 0 spiro atoms. The Morgan fingerprint density at radius 2 is 1.67 bits per heavy atom. The summed E-state index contributed by atoms with van der Waals surface area (Å²) in [6, 6.07) is 16.3. The van der Waals surface area contributed by atoms with E-state index in [-0.39, 0.29) is 32.6 Å². The number of anilines is 2. The van der Waals surface area contributed by atoms with Crippen molar-refractivity contribution >= 4 is 43.0 Å². The third-order valence-corrected chi connectivity index (χ3v) is 9.78. The average molecular weight is 575 g/mol. The molecular formula is C25H26N4O8S2. The summed E-state index contributed by atoms with van der Waals surface area (Å²) < 4.78 is 60.5. The summed E-state index contributed by atoms with van der Waals surface area (Å²) in [5.41, 5.74) is -0.429. The molecule has 1 aliphatic heterocycles. The molecule has 0 unspecified atom stereocenters. The molecule has 0 aromatic heterocycles. The van der Waals surface area contributed by atoms with Crippen molar-refractivity contribution in [1.29, 1.82) is 0 Å². The SMILES string of the molecule is COc1ccc(S(=O)(=O)N2CCCC2)cc1NC(=O)CN(c1cccc([N+](=O)[O-])c1)S(=O)(=O)c1ccccc1. The summed E-state index contributed by atoms with van der Waals surface area (Å²) in [6.45, 7) is 0.0296. The molecule has 1 N–H and O–H groups in total. The number of carbonyl (C=O) groups excluding carboxylic acids is 1. The van der Waals surface area contributed by atoms with Crippen molar-refractivity contribution in [1.82, 2.24) is 4.31 Å². The van der Waals surface area contributed by atoms with Gasteiger partial charge in [0.15, 0.2) is 0 Å². The van der Waals surface area contributed by atoms with Crippen LogP contribution in [0.3, 0.4) is 0 Å². The second kappa shape index (κ2) is 11.4. The van der Waals surface area contributed by atoms with E-state index in [1.807, 2.05) is 0 Å². The lowest BCUT2D eigenvalue weighted by molar-refractivity contribution is -0.384. The van der Waals surface area contributed by atoms with Gasteiger partial charge in [-0.1, -0.05) is 24.3 Å². The number of non-ortho nitro benzene ring substituents is 1. The van der Waals surface area contributed by atoms with E-state index in [1.165, 1.54) is 72.1 Å². The zero-order valence-electron chi connectivity index (χ0n) is 20.9. The number of rotatable bonds is 10. The van der Waals surface area contributed by atoms with Crippen LogP contribution in [-0.4, -0.2) is 58.7 Å². The highest BCUT2D eigenvalue weighted by Gasteiger charge is 2.30. The smallest absolute Gasteiger partial charge is 0.271 e. The second-order valence-electron chi connectivity index (χ2n) is 8.62. The molecule has 12 nitrogen and oxygen atoms in total. The molecule has 39 heavy (non-hydrogen) atoms. The number of nitro benzene ring substituents is 1. The minimum Gasteiger partial charge on any atom is -0.495 e. The standard InChI is InChI=1S/C25H26N4O8S2/c1-37-24-13-12-22(38(33,34)27-14-5-6-15-27)17-23(24)26-25(30)18-28(19-8-7-9-20(16-19)29(31)32)39(35,36)21-10-3-2-4-11-21/h2-4,7-13,16-17H,5-6,14-15,18H2,1H3,(H,26,30). The van der Waals surface area contributed by atoms with Crippen LogP contribution in [0.2, 0.25) is 0 Å². The summed E-state index contributed by atoms with van der Waals surface area (Å²) in [6.07, 6.45) is 1.50. The summed E-state index contributed by atoms with van der Waals surface area (Å²) in [5, 5.41) is 13.9. The Kier molecular flexibility index (Phi) is 8.18. The van der Waals surface area contributed by atoms with E-state index in [2.05, 4.69) is 5.32 Å². The summed E-state index contributed by atoms with van der Waals surface area (Å²) >= 11 is 0. The summed E-state index contributed by atoms with van der Waals surface area (Å²) in [7, 11) is -6.79. The van der Waals surface area contributed by atoms with Gasteiger partial charge in [-0.15, -0.1) is 0 Å². The Morgan fingerprint density at radius 3 is 2.31 bits per heavy atom. The molecule has 0 aliphatic carbocycles. The Morgan fingerprint density at radius 1 is 0.974 bits per heavy atom. The van der Waals surface area contributed by atoms with Crippen molar-refractivity contribution in [2.24, 2.45) is 0 Å². The number of hydrogen-bond donors (Lipinski definition) is 1. The van der Waals surface area contributed by atoms with E-state index in [0.717, 1.165) is 23.2 Å². The fourth-order valence-corrected chi connectivity index (χ4v) is 7.12. The fourth-order valence-electron chi connectivity index (χ4n) is 4.14. The van der Waals surface area contributed by atoms with Crippen molar-refractivity contribution in [3.05, 3.63) is 82.9 Å². The van der Waals surface area contributed by atoms with Crippen molar-refractivity contribution in [2.75, 3.05) is 36.4 Å². The molecule has 1 fully saturated rings. The van der Waals surface area contributed by atoms with Gasteiger partial charge < -0.3 is 10.1 Å². The highest BCUT2D eigenvalue weighted by atomic mass is 32.2. The van der Waals surface area contributed by atoms with Crippen LogP contribution in [0.1, 0.15) is 12.8 Å². The fraction of sp³-hybridized carbons (Fsp3) is 0.240. The lowest BCUT2D eigenvalue weighted by Crippen LogP contribution is -2.38. The first-order valence-electron chi connectivity index (χ1n) is 11.8. The molecule has 1 saturated heterocycles. The number of nitrogens with one attached hydrogen (secondary N) is 1. The molecule has 206 valence electrons. The monoisotopic (exact) mass is 574 g/mol. The van der Waals surface area contributed by atoms with E-state index >= 15 is 0 Å². The molecule has 0 saturated carbocycles. The first-order valence-corrected chi connectivity index (χ1v) is 14.7. The molecule has 3 aromatic carbocycles. The Bertz CT molecular complexity index is 1590. The van der Waals surface area contributed by atoms with Crippen LogP contribution in [0.15, 0.2) is 82.6 Å². The highest BCUT2D eigenvalue weighted by molar-refractivity contribution is 7.92. The lowest BCUT2D eigenvalue weighted by Gasteiger charge is -2.24. The minimum absolute atomic E-state index is 0.0267. The van der Waals surface area contributed by atoms with Crippen LogP contribution in [0.25, 0.3) is 0 Å². The first-order chi connectivity index (χ1) is 18.5. The number of benzene rings is 3. The van der Waals surface area contributed by atoms with Gasteiger partial charge in [0.1, 0.15) is 12.3 Å². The molecule has 0 atom stereocenters. The molecule has 0 bridgehead atoms. The first kappa shape index (κ1) is 28.0. The third-order valence-electron chi connectivity index (χ3n) is 6.09. The normalized spacial score (nSPS) is 14.1. The van der Waals surface area contributed by atoms with Crippen molar-refractivity contribution in [3.63, 3.8) is 0 Å². The molecule has 14 heteroatoms. The lowest BCUT2D eigenvalue weighted by atomic mass is 10.2. The van der Waals surface area contributed by atoms with E-state index in [0.29, 0.717) is 13.1 Å². The number of nitrogens with zero attached hydrogens (tertiary/aromatic N) is 3. The maximum absolute atomic E-state index is 13.5. The van der Waals surface area contributed by atoms with Crippen LogP contribution < -0.4 is 14.4 Å². The van der Waals surface area contributed by atoms with Gasteiger partial charge >= 0.3 is 0 Å². The van der Waals surface area contributed by atoms with Gasteiger partial charge in [-0.05, 0) is 49.2 Å². The second-order valence-corrected chi connectivity index (χ2v) is 12.4. The number of methoxy groups -OCH3 is 1. The number of carbonyl (C=O) groups is 1. The summed E-state index contributed by atoms with van der Waals surface area (Å²) in [5.74, 6) is -0.661. The topological polar surface area (TPSA) is 156 Å². The largest absolute Gasteiger partial charge is 0.495 e. The maximum atomic E-state index is 13.5. The van der Waals surface area contributed by atoms with Crippen molar-refractivity contribution in [2.45, 2.75) is 22.6 Å². The van der Waals surface area contributed by atoms with Crippen LogP contribution in [0, 0.1) is 10.1 Å². The van der Waals surface area contributed by atoms with Crippen molar-refractivity contribution in [3.8, 4) is 5.75 Å². The molecule has 0 radical (unpaired) electrons. The zero-order chi connectivity index (χ0) is 28.2. The Balaban J connectivity index is 1.68. The van der Waals surface area contributed by atoms with E-state index in [1.54, 1.807) is 6.07 Å². The van der Waals surface area contributed by atoms with Gasteiger partial charge in [-0.25, -0.2) is 16.8 Å². The van der Waals surface area contributed by atoms with Gasteiger partial charge in [0, 0.05) is 25.2 Å². The van der Waals surface area contributed by atoms with Crippen LogP contribution in [0.4, 0.5) is 17.1 Å². The third kappa shape index (κ3) is 6.02. The van der Waals surface area contributed by atoms with Crippen LogP contribution in [-0.2, 0) is 24.8 Å². The predicted octanol–water partition coefficient (Wildman–Crippen LogP) is 3.22. The van der Waals surface area contributed by atoms with E-state index in [4.69, 9.17) is 4.74 Å². The molecular weight excluding hydrogens is 548 g/mol.